The van der Waals surface area contributed by atoms with Crippen LogP contribution >= 0.6 is 27.7 Å². The number of carbonyl (C=O) groups excluding carboxylic acids is 1. The van der Waals surface area contributed by atoms with Gasteiger partial charge in [0.2, 0.25) is 5.78 Å². The quantitative estimate of drug-likeness (QED) is 0.683. The summed E-state index contributed by atoms with van der Waals surface area (Å²) in [6.45, 7) is 0. The molecule has 0 saturated heterocycles. The molecule has 3 nitrogen and oxygen atoms in total. The van der Waals surface area contributed by atoms with Gasteiger partial charge in [-0.3, -0.25) is 4.79 Å². The van der Waals surface area contributed by atoms with E-state index in [0.717, 1.165) is 10.6 Å². The van der Waals surface area contributed by atoms with Gasteiger partial charge in [-0.1, -0.05) is 0 Å². The molecule has 5 heteroatoms. The number of halogens is 1. The minimum absolute atomic E-state index is 0.0799. The molecule has 96 valence electrons. The second-order valence-electron chi connectivity index (χ2n) is 3.91. The Morgan fingerprint density at radius 1 is 1.42 bits per heavy atom. The highest BCUT2D eigenvalue weighted by atomic mass is 79.9. The number of aromatic amines is 1. The van der Waals surface area contributed by atoms with Gasteiger partial charge < -0.3 is 4.98 Å². The molecule has 2 aromatic rings. The molecule has 0 aliphatic rings. The summed E-state index contributed by atoms with van der Waals surface area (Å²) in [5, 5.41) is 8.66. The van der Waals surface area contributed by atoms with Crippen molar-refractivity contribution in [2.24, 2.45) is 0 Å². The summed E-state index contributed by atoms with van der Waals surface area (Å²) in [7, 11) is 0. The van der Waals surface area contributed by atoms with E-state index >= 15 is 0 Å². The average molecular weight is 335 g/mol. The first-order valence-corrected chi connectivity index (χ1v) is 7.60. The van der Waals surface area contributed by atoms with Crippen LogP contribution in [-0.4, -0.2) is 17.0 Å². The van der Waals surface area contributed by atoms with Gasteiger partial charge in [-0.25, -0.2) is 0 Å². The standard InChI is InChI=1S/C14H11BrN2OS/c1-19-11-4-2-9(3-5-11)14(18)13-12(15)8-10(17-13)6-7-16/h2-5,8,17H,6H2,1H3. The normalized spacial score (nSPS) is 10.2. The molecule has 1 aromatic carbocycles. The molecule has 1 N–H and O–H groups in total. The maximum absolute atomic E-state index is 12.3. The van der Waals surface area contributed by atoms with Gasteiger partial charge in [0.15, 0.2) is 0 Å². The van der Waals surface area contributed by atoms with Gasteiger partial charge in [-0.2, -0.15) is 5.26 Å². The van der Waals surface area contributed by atoms with E-state index in [-0.39, 0.29) is 12.2 Å². The van der Waals surface area contributed by atoms with Gasteiger partial charge in [0.25, 0.3) is 0 Å². The predicted octanol–water partition coefficient (Wildman–Crippen LogP) is 3.80. The second-order valence-corrected chi connectivity index (χ2v) is 5.64. The number of rotatable bonds is 4. The topological polar surface area (TPSA) is 56.6 Å². The van der Waals surface area contributed by atoms with Crippen LogP contribution in [0.1, 0.15) is 21.7 Å². The highest BCUT2D eigenvalue weighted by Gasteiger charge is 2.15. The van der Waals surface area contributed by atoms with Crippen molar-refractivity contribution < 1.29 is 4.79 Å². The molecule has 2 rings (SSSR count). The number of nitriles is 1. The van der Waals surface area contributed by atoms with E-state index in [0.29, 0.717) is 15.7 Å². The van der Waals surface area contributed by atoms with Crippen molar-refractivity contribution in [3.8, 4) is 6.07 Å². The van der Waals surface area contributed by atoms with Crippen molar-refractivity contribution in [1.29, 1.82) is 5.26 Å². The first-order valence-electron chi connectivity index (χ1n) is 5.58. The first kappa shape index (κ1) is 13.9. The molecule has 1 aromatic heterocycles. The van der Waals surface area contributed by atoms with Crippen molar-refractivity contribution in [2.45, 2.75) is 11.3 Å². The lowest BCUT2D eigenvalue weighted by atomic mass is 10.1. The highest BCUT2D eigenvalue weighted by Crippen LogP contribution is 2.22. The van der Waals surface area contributed by atoms with Crippen LogP contribution in [0.2, 0.25) is 0 Å². The number of aromatic nitrogens is 1. The van der Waals surface area contributed by atoms with Crippen molar-refractivity contribution in [2.75, 3.05) is 6.26 Å². The lowest BCUT2D eigenvalue weighted by Gasteiger charge is -2.01. The Labute approximate surface area is 124 Å². The van der Waals surface area contributed by atoms with Crippen LogP contribution in [-0.2, 0) is 6.42 Å². The minimum Gasteiger partial charge on any atom is -0.354 e. The Balaban J connectivity index is 2.30. The third-order valence-electron chi connectivity index (χ3n) is 2.67. The third kappa shape index (κ3) is 3.09. The van der Waals surface area contributed by atoms with Crippen LogP contribution < -0.4 is 0 Å². The summed E-state index contributed by atoms with van der Waals surface area (Å²) in [5.41, 5.74) is 1.85. The molecule has 0 amide bonds. The maximum Gasteiger partial charge on any atom is 0.210 e. The fraction of sp³-hybridized carbons (Fsp3) is 0.143. The van der Waals surface area contributed by atoms with Crippen molar-refractivity contribution in [3.63, 3.8) is 0 Å². The molecule has 0 aliphatic carbocycles. The number of H-pyrrole nitrogens is 1. The van der Waals surface area contributed by atoms with Crippen LogP contribution in [0.3, 0.4) is 0 Å². The van der Waals surface area contributed by atoms with E-state index in [1.54, 1.807) is 17.8 Å². The molecule has 0 saturated carbocycles. The SMILES string of the molecule is CSc1ccc(C(=O)c2[nH]c(CC#N)cc2Br)cc1. The molecule has 0 fully saturated rings. The Kier molecular flexibility index (Phi) is 4.46. The second kappa shape index (κ2) is 6.09. The van der Waals surface area contributed by atoms with Gasteiger partial charge in [0.05, 0.1) is 12.5 Å². The lowest BCUT2D eigenvalue weighted by Crippen LogP contribution is -2.02. The van der Waals surface area contributed by atoms with E-state index in [2.05, 4.69) is 27.0 Å². The predicted molar refractivity (Wildman–Crippen MR) is 79.5 cm³/mol. The fourth-order valence-electron chi connectivity index (χ4n) is 1.71. The third-order valence-corrected chi connectivity index (χ3v) is 4.04. The zero-order chi connectivity index (χ0) is 13.8. The summed E-state index contributed by atoms with van der Waals surface area (Å²) >= 11 is 4.98. The Bertz CT molecular complexity index is 640. The van der Waals surface area contributed by atoms with Gasteiger partial charge in [-0.05, 0) is 52.5 Å². The zero-order valence-corrected chi connectivity index (χ0v) is 12.6. The molecule has 0 unspecified atom stereocenters. The molecule has 0 spiro atoms. The van der Waals surface area contributed by atoms with E-state index in [9.17, 15) is 4.79 Å². The van der Waals surface area contributed by atoms with Crippen molar-refractivity contribution in [3.05, 3.63) is 51.8 Å². The summed E-state index contributed by atoms with van der Waals surface area (Å²) in [6, 6.07) is 11.3. The smallest absolute Gasteiger partial charge is 0.210 e. The number of nitrogens with one attached hydrogen (secondary N) is 1. The van der Waals surface area contributed by atoms with Crippen LogP contribution in [0.15, 0.2) is 39.7 Å². The van der Waals surface area contributed by atoms with Crippen LogP contribution in [0.25, 0.3) is 0 Å². The summed E-state index contributed by atoms with van der Waals surface area (Å²) < 4.78 is 0.691. The van der Waals surface area contributed by atoms with Gasteiger partial charge >= 0.3 is 0 Å². The van der Waals surface area contributed by atoms with Crippen molar-refractivity contribution >= 4 is 33.5 Å². The molecule has 0 bridgehead atoms. The number of benzene rings is 1. The lowest BCUT2D eigenvalue weighted by molar-refractivity contribution is 0.103. The number of thioether (sulfide) groups is 1. The number of nitrogens with zero attached hydrogens (tertiary/aromatic N) is 1. The number of carbonyl (C=O) groups is 1. The molecular weight excluding hydrogens is 324 g/mol. The average Bonchev–Trinajstić information content (AvgIpc) is 2.79. The van der Waals surface area contributed by atoms with Crippen LogP contribution in [0.4, 0.5) is 0 Å². The Morgan fingerprint density at radius 2 is 2.11 bits per heavy atom. The van der Waals surface area contributed by atoms with Crippen LogP contribution in [0, 0.1) is 11.3 Å². The Morgan fingerprint density at radius 3 is 2.68 bits per heavy atom. The molecule has 0 radical (unpaired) electrons. The van der Waals surface area contributed by atoms with Gasteiger partial charge in [0.1, 0.15) is 5.69 Å². The van der Waals surface area contributed by atoms with E-state index < -0.39 is 0 Å². The monoisotopic (exact) mass is 334 g/mol. The zero-order valence-electron chi connectivity index (χ0n) is 10.2. The minimum atomic E-state index is -0.0799. The molecule has 1 heterocycles. The molecule has 19 heavy (non-hydrogen) atoms. The van der Waals surface area contributed by atoms with Crippen molar-refractivity contribution in [1.82, 2.24) is 4.98 Å². The number of hydrogen-bond acceptors (Lipinski definition) is 3. The van der Waals surface area contributed by atoms with Gasteiger partial charge in [-0.15, -0.1) is 11.8 Å². The van der Waals surface area contributed by atoms with Gasteiger partial charge in [0, 0.05) is 20.6 Å². The Hall–Kier alpha value is -1.51. The number of hydrogen-bond donors (Lipinski definition) is 1. The summed E-state index contributed by atoms with van der Waals surface area (Å²) in [6.07, 6.45) is 2.25. The largest absolute Gasteiger partial charge is 0.354 e. The molecular formula is C14H11BrN2OS. The fourth-order valence-corrected chi connectivity index (χ4v) is 2.68. The molecule has 0 atom stereocenters. The van der Waals surface area contributed by atoms with E-state index in [4.69, 9.17) is 5.26 Å². The highest BCUT2D eigenvalue weighted by molar-refractivity contribution is 9.10. The number of ketones is 1. The first-order chi connectivity index (χ1) is 9.15. The maximum atomic E-state index is 12.3. The summed E-state index contributed by atoms with van der Waals surface area (Å²) in [4.78, 5) is 16.4. The van der Waals surface area contributed by atoms with E-state index in [1.807, 2.05) is 30.5 Å². The summed E-state index contributed by atoms with van der Waals surface area (Å²) in [5.74, 6) is -0.0799. The molecule has 0 aliphatic heterocycles. The van der Waals surface area contributed by atoms with E-state index in [1.165, 1.54) is 0 Å². The van der Waals surface area contributed by atoms with Crippen LogP contribution in [0.5, 0.6) is 0 Å².